The second kappa shape index (κ2) is 6.20. The SMILES string of the molecule is CCC(N)(CC)CNCCc1nccs1. The molecule has 1 aromatic heterocycles. The zero-order chi connectivity index (χ0) is 11.1. The van der Waals surface area contributed by atoms with Crippen LogP contribution in [-0.2, 0) is 6.42 Å². The second-order valence-corrected chi connectivity index (χ2v) is 4.90. The van der Waals surface area contributed by atoms with Crippen LogP contribution in [0.25, 0.3) is 0 Å². The Bertz CT molecular complexity index is 255. The molecule has 0 aromatic carbocycles. The lowest BCUT2D eigenvalue weighted by molar-refractivity contribution is 0.371. The normalized spacial score (nSPS) is 11.9. The molecule has 0 unspecified atom stereocenters. The van der Waals surface area contributed by atoms with Gasteiger partial charge in [-0.15, -0.1) is 11.3 Å². The fraction of sp³-hybridized carbons (Fsp3) is 0.727. The Morgan fingerprint density at radius 1 is 1.47 bits per heavy atom. The average Bonchev–Trinajstić information content (AvgIpc) is 2.77. The lowest BCUT2D eigenvalue weighted by Crippen LogP contribution is -2.48. The Hall–Kier alpha value is -0.450. The van der Waals surface area contributed by atoms with Gasteiger partial charge in [0.05, 0.1) is 5.01 Å². The van der Waals surface area contributed by atoms with Crippen molar-refractivity contribution in [3.05, 3.63) is 16.6 Å². The van der Waals surface area contributed by atoms with Gasteiger partial charge in [0, 0.05) is 36.6 Å². The van der Waals surface area contributed by atoms with Gasteiger partial charge in [-0.05, 0) is 12.8 Å². The zero-order valence-corrected chi connectivity index (χ0v) is 10.4. The number of nitrogens with one attached hydrogen (secondary N) is 1. The predicted molar refractivity (Wildman–Crippen MR) is 66.2 cm³/mol. The van der Waals surface area contributed by atoms with Gasteiger partial charge in [0.15, 0.2) is 0 Å². The molecule has 0 spiro atoms. The van der Waals surface area contributed by atoms with E-state index in [1.807, 2.05) is 11.6 Å². The van der Waals surface area contributed by atoms with Crippen LogP contribution in [0.1, 0.15) is 31.7 Å². The number of rotatable bonds is 7. The molecule has 1 aromatic rings. The average molecular weight is 227 g/mol. The molecule has 0 fully saturated rings. The van der Waals surface area contributed by atoms with Gasteiger partial charge in [-0.25, -0.2) is 4.98 Å². The number of aromatic nitrogens is 1. The third-order valence-corrected chi connectivity index (χ3v) is 3.72. The highest BCUT2D eigenvalue weighted by atomic mass is 32.1. The monoisotopic (exact) mass is 227 g/mol. The summed E-state index contributed by atoms with van der Waals surface area (Å²) >= 11 is 1.71. The summed E-state index contributed by atoms with van der Waals surface area (Å²) in [4.78, 5) is 4.24. The minimum atomic E-state index is -0.0388. The van der Waals surface area contributed by atoms with Crippen molar-refractivity contribution in [1.82, 2.24) is 10.3 Å². The number of nitrogens with two attached hydrogens (primary N) is 1. The molecule has 86 valence electrons. The fourth-order valence-electron chi connectivity index (χ4n) is 1.41. The molecule has 3 N–H and O–H groups in total. The molecule has 0 aliphatic rings. The van der Waals surface area contributed by atoms with Crippen molar-refractivity contribution in [2.75, 3.05) is 13.1 Å². The van der Waals surface area contributed by atoms with E-state index in [0.29, 0.717) is 0 Å². The molecule has 0 saturated carbocycles. The molecule has 15 heavy (non-hydrogen) atoms. The maximum Gasteiger partial charge on any atom is 0.0937 e. The van der Waals surface area contributed by atoms with Gasteiger partial charge >= 0.3 is 0 Å². The van der Waals surface area contributed by atoms with E-state index < -0.39 is 0 Å². The van der Waals surface area contributed by atoms with Gasteiger partial charge in [-0.1, -0.05) is 13.8 Å². The summed E-state index contributed by atoms with van der Waals surface area (Å²) in [7, 11) is 0. The smallest absolute Gasteiger partial charge is 0.0937 e. The summed E-state index contributed by atoms with van der Waals surface area (Å²) in [5, 5.41) is 6.62. The van der Waals surface area contributed by atoms with Crippen LogP contribution in [0.3, 0.4) is 0 Å². The van der Waals surface area contributed by atoms with E-state index in [1.54, 1.807) is 11.3 Å². The minimum Gasteiger partial charge on any atom is -0.324 e. The molecule has 0 atom stereocenters. The molecule has 0 saturated heterocycles. The highest BCUT2D eigenvalue weighted by molar-refractivity contribution is 7.09. The largest absolute Gasteiger partial charge is 0.324 e. The van der Waals surface area contributed by atoms with Crippen molar-refractivity contribution in [1.29, 1.82) is 0 Å². The second-order valence-electron chi connectivity index (χ2n) is 3.92. The first-order valence-corrected chi connectivity index (χ1v) is 6.46. The first-order valence-electron chi connectivity index (χ1n) is 5.58. The zero-order valence-electron chi connectivity index (χ0n) is 9.62. The van der Waals surface area contributed by atoms with Gasteiger partial charge in [0.2, 0.25) is 0 Å². The molecule has 0 aliphatic carbocycles. The molecule has 3 nitrogen and oxygen atoms in total. The van der Waals surface area contributed by atoms with Crippen LogP contribution in [0.15, 0.2) is 11.6 Å². The van der Waals surface area contributed by atoms with Crippen LogP contribution in [0.2, 0.25) is 0 Å². The van der Waals surface area contributed by atoms with Crippen molar-refractivity contribution >= 4 is 11.3 Å². The Kier molecular flexibility index (Phi) is 5.22. The molecule has 0 aliphatic heterocycles. The Morgan fingerprint density at radius 2 is 2.20 bits per heavy atom. The van der Waals surface area contributed by atoms with E-state index in [1.165, 1.54) is 5.01 Å². The van der Waals surface area contributed by atoms with Gasteiger partial charge in [-0.3, -0.25) is 0 Å². The molecule has 4 heteroatoms. The van der Waals surface area contributed by atoms with Crippen LogP contribution in [0.5, 0.6) is 0 Å². The summed E-state index contributed by atoms with van der Waals surface area (Å²) in [6.45, 7) is 6.15. The predicted octanol–water partition coefficient (Wildman–Crippen LogP) is 1.79. The van der Waals surface area contributed by atoms with E-state index >= 15 is 0 Å². The van der Waals surface area contributed by atoms with Crippen molar-refractivity contribution in [3.8, 4) is 0 Å². The molecular weight excluding hydrogens is 206 g/mol. The van der Waals surface area contributed by atoms with Gasteiger partial charge in [0.25, 0.3) is 0 Å². The topological polar surface area (TPSA) is 50.9 Å². The van der Waals surface area contributed by atoms with Crippen LogP contribution in [0.4, 0.5) is 0 Å². The summed E-state index contributed by atoms with van der Waals surface area (Å²) in [5.74, 6) is 0. The first-order chi connectivity index (χ1) is 7.20. The Morgan fingerprint density at radius 3 is 2.73 bits per heavy atom. The minimum absolute atomic E-state index is 0.0388. The standard InChI is InChI=1S/C11H21N3S/c1-3-11(12,4-2)9-13-6-5-10-14-7-8-15-10/h7-8,13H,3-6,9,12H2,1-2H3. The van der Waals surface area contributed by atoms with Crippen LogP contribution in [0, 0.1) is 0 Å². The Labute approximate surface area is 96.1 Å². The fourth-order valence-corrected chi connectivity index (χ4v) is 2.03. The van der Waals surface area contributed by atoms with Gasteiger partial charge in [-0.2, -0.15) is 0 Å². The van der Waals surface area contributed by atoms with Crippen LogP contribution < -0.4 is 11.1 Å². The van der Waals surface area contributed by atoms with E-state index in [2.05, 4.69) is 24.1 Å². The Balaban J connectivity index is 2.16. The summed E-state index contributed by atoms with van der Waals surface area (Å²) in [6.07, 6.45) is 4.90. The number of nitrogens with zero attached hydrogens (tertiary/aromatic N) is 1. The van der Waals surface area contributed by atoms with Gasteiger partial charge in [0.1, 0.15) is 0 Å². The molecule has 0 bridgehead atoms. The van der Waals surface area contributed by atoms with E-state index in [9.17, 15) is 0 Å². The third kappa shape index (κ3) is 4.28. The van der Waals surface area contributed by atoms with Crippen molar-refractivity contribution in [2.24, 2.45) is 5.73 Å². The lowest BCUT2D eigenvalue weighted by Gasteiger charge is -2.26. The number of hydrogen-bond acceptors (Lipinski definition) is 4. The maximum absolute atomic E-state index is 6.18. The maximum atomic E-state index is 6.18. The van der Waals surface area contributed by atoms with Crippen LogP contribution >= 0.6 is 11.3 Å². The number of hydrogen-bond donors (Lipinski definition) is 2. The van der Waals surface area contributed by atoms with E-state index in [4.69, 9.17) is 5.73 Å². The molecule has 0 radical (unpaired) electrons. The van der Waals surface area contributed by atoms with Crippen LogP contribution in [-0.4, -0.2) is 23.6 Å². The first kappa shape index (κ1) is 12.6. The number of thiazole rings is 1. The quantitative estimate of drug-likeness (QED) is 0.698. The highest BCUT2D eigenvalue weighted by Gasteiger charge is 2.18. The van der Waals surface area contributed by atoms with Crippen molar-refractivity contribution in [3.63, 3.8) is 0 Å². The van der Waals surface area contributed by atoms with E-state index in [0.717, 1.165) is 32.4 Å². The lowest BCUT2D eigenvalue weighted by atomic mass is 9.94. The molecular formula is C11H21N3S. The van der Waals surface area contributed by atoms with E-state index in [-0.39, 0.29) is 5.54 Å². The molecule has 1 rings (SSSR count). The van der Waals surface area contributed by atoms with Gasteiger partial charge < -0.3 is 11.1 Å². The van der Waals surface area contributed by atoms with Crippen molar-refractivity contribution in [2.45, 2.75) is 38.6 Å². The molecule has 1 heterocycles. The summed E-state index contributed by atoms with van der Waals surface area (Å²) in [5.41, 5.74) is 6.14. The highest BCUT2D eigenvalue weighted by Crippen LogP contribution is 2.09. The molecule has 0 amide bonds. The summed E-state index contributed by atoms with van der Waals surface area (Å²) < 4.78 is 0. The van der Waals surface area contributed by atoms with Crippen molar-refractivity contribution < 1.29 is 0 Å². The third-order valence-electron chi connectivity index (χ3n) is 2.88. The summed E-state index contributed by atoms with van der Waals surface area (Å²) in [6, 6.07) is 0.